The van der Waals surface area contributed by atoms with Crippen molar-refractivity contribution in [2.45, 2.75) is 38.4 Å². The van der Waals surface area contributed by atoms with Gasteiger partial charge in [-0.15, -0.1) is 0 Å². The number of benzene rings is 1. The van der Waals surface area contributed by atoms with E-state index in [1.807, 2.05) is 0 Å². The van der Waals surface area contributed by atoms with E-state index in [0.717, 1.165) is 32.2 Å². The molecule has 3 nitrogen and oxygen atoms in total. The third kappa shape index (κ3) is 2.99. The first-order valence-electron chi connectivity index (χ1n) is 7.17. The molecule has 19 heavy (non-hydrogen) atoms. The van der Waals surface area contributed by atoms with Crippen LogP contribution in [0.4, 0.5) is 0 Å². The highest BCUT2D eigenvalue weighted by Gasteiger charge is 2.20. The van der Waals surface area contributed by atoms with Gasteiger partial charge in [-0.2, -0.15) is 0 Å². The van der Waals surface area contributed by atoms with Crippen LogP contribution in [-0.2, 0) is 17.8 Å². The number of nitrogens with one attached hydrogen (secondary N) is 1. The molecule has 0 spiro atoms. The summed E-state index contributed by atoms with van der Waals surface area (Å²) >= 11 is 0. The molecule has 1 N–H and O–H groups in total. The van der Waals surface area contributed by atoms with Crippen LogP contribution in [0.3, 0.4) is 0 Å². The van der Waals surface area contributed by atoms with Crippen LogP contribution in [0, 0.1) is 0 Å². The molecule has 1 aromatic carbocycles. The Kier molecular flexibility index (Phi) is 3.85. The molecular formula is C16H22N2O. The topological polar surface area (TPSA) is 26.2 Å². The number of hydrogen-bond donors (Lipinski definition) is 1. The fourth-order valence-corrected chi connectivity index (χ4v) is 2.56. The van der Waals surface area contributed by atoms with Gasteiger partial charge in [-0.1, -0.05) is 12.1 Å². The van der Waals surface area contributed by atoms with Crippen LogP contribution in [0.25, 0.3) is 10.9 Å². The number of aryl methyl sites for hydroxylation is 1. The van der Waals surface area contributed by atoms with Crippen molar-refractivity contribution in [1.82, 2.24) is 9.88 Å². The van der Waals surface area contributed by atoms with Crippen LogP contribution in [-0.4, -0.2) is 24.3 Å². The summed E-state index contributed by atoms with van der Waals surface area (Å²) in [4.78, 5) is 0. The summed E-state index contributed by atoms with van der Waals surface area (Å²) in [7, 11) is 1.76. The van der Waals surface area contributed by atoms with Crippen molar-refractivity contribution in [3.63, 3.8) is 0 Å². The Morgan fingerprint density at radius 3 is 3.00 bits per heavy atom. The second-order valence-corrected chi connectivity index (χ2v) is 5.36. The molecule has 0 amide bonds. The molecular weight excluding hydrogens is 236 g/mol. The van der Waals surface area contributed by atoms with Crippen molar-refractivity contribution in [2.75, 3.05) is 13.7 Å². The van der Waals surface area contributed by atoms with E-state index in [4.69, 9.17) is 4.74 Å². The fourth-order valence-electron chi connectivity index (χ4n) is 2.56. The molecule has 0 atom stereocenters. The number of hydrogen-bond acceptors (Lipinski definition) is 2. The van der Waals surface area contributed by atoms with Crippen LogP contribution in [0.1, 0.15) is 24.8 Å². The van der Waals surface area contributed by atoms with E-state index in [-0.39, 0.29) is 0 Å². The minimum Gasteiger partial charge on any atom is -0.385 e. The van der Waals surface area contributed by atoms with E-state index in [2.05, 4.69) is 40.3 Å². The van der Waals surface area contributed by atoms with Crippen molar-refractivity contribution in [2.24, 2.45) is 0 Å². The van der Waals surface area contributed by atoms with Crippen LogP contribution in [0.2, 0.25) is 0 Å². The van der Waals surface area contributed by atoms with Crippen LogP contribution >= 0.6 is 0 Å². The molecule has 0 radical (unpaired) electrons. The fraction of sp³-hybridized carbons (Fsp3) is 0.500. The second kappa shape index (κ2) is 5.76. The molecule has 1 heterocycles. The summed E-state index contributed by atoms with van der Waals surface area (Å²) in [5.41, 5.74) is 2.75. The molecule has 0 saturated heterocycles. The van der Waals surface area contributed by atoms with Crippen LogP contribution in [0.5, 0.6) is 0 Å². The quantitative estimate of drug-likeness (QED) is 0.773. The Labute approximate surface area is 114 Å². The smallest absolute Gasteiger partial charge is 0.0483 e. The van der Waals surface area contributed by atoms with Gasteiger partial charge in [0.05, 0.1) is 0 Å². The van der Waals surface area contributed by atoms with Crippen molar-refractivity contribution >= 4 is 10.9 Å². The maximum absolute atomic E-state index is 5.12. The van der Waals surface area contributed by atoms with Crippen molar-refractivity contribution in [3.05, 3.63) is 36.0 Å². The highest BCUT2D eigenvalue weighted by Crippen LogP contribution is 2.23. The van der Waals surface area contributed by atoms with Crippen molar-refractivity contribution in [1.29, 1.82) is 0 Å². The highest BCUT2D eigenvalue weighted by molar-refractivity contribution is 5.83. The molecule has 1 aliphatic carbocycles. The lowest BCUT2D eigenvalue weighted by Crippen LogP contribution is -2.15. The van der Waals surface area contributed by atoms with Crippen molar-refractivity contribution in [3.8, 4) is 0 Å². The first-order chi connectivity index (χ1) is 9.38. The van der Waals surface area contributed by atoms with Gasteiger partial charge in [-0.05, 0) is 37.0 Å². The largest absolute Gasteiger partial charge is 0.385 e. The molecule has 102 valence electrons. The summed E-state index contributed by atoms with van der Waals surface area (Å²) in [6.45, 7) is 2.84. The zero-order chi connectivity index (χ0) is 13.1. The van der Waals surface area contributed by atoms with Gasteiger partial charge in [0.1, 0.15) is 0 Å². The van der Waals surface area contributed by atoms with Gasteiger partial charge in [0, 0.05) is 49.9 Å². The molecule has 1 saturated carbocycles. The van der Waals surface area contributed by atoms with E-state index >= 15 is 0 Å². The Balaban J connectivity index is 1.76. The number of aromatic nitrogens is 1. The minimum atomic E-state index is 0.763. The predicted molar refractivity (Wildman–Crippen MR) is 78.3 cm³/mol. The third-order valence-corrected chi connectivity index (χ3v) is 3.81. The molecule has 2 aromatic rings. The lowest BCUT2D eigenvalue weighted by atomic mass is 10.1. The van der Waals surface area contributed by atoms with E-state index in [9.17, 15) is 0 Å². The standard InChI is InChI=1S/C16H22N2O/c1-19-11-3-9-18-10-8-15-13(4-2-5-16(15)18)12-17-14-6-7-14/h2,4-5,8,10,14,17H,3,6-7,9,11-12H2,1H3. The molecule has 3 rings (SSSR count). The molecule has 0 unspecified atom stereocenters. The van der Waals surface area contributed by atoms with Gasteiger partial charge in [-0.3, -0.25) is 0 Å². The summed E-state index contributed by atoms with van der Waals surface area (Å²) in [6, 6.07) is 9.62. The Morgan fingerprint density at radius 2 is 2.21 bits per heavy atom. The molecule has 3 heteroatoms. The zero-order valence-corrected chi connectivity index (χ0v) is 11.6. The predicted octanol–water partition coefficient (Wildman–Crippen LogP) is 2.93. The van der Waals surface area contributed by atoms with Gasteiger partial charge in [-0.25, -0.2) is 0 Å². The Bertz CT molecular complexity index is 543. The Hall–Kier alpha value is -1.32. The zero-order valence-electron chi connectivity index (χ0n) is 11.6. The van der Waals surface area contributed by atoms with Gasteiger partial charge >= 0.3 is 0 Å². The lowest BCUT2D eigenvalue weighted by molar-refractivity contribution is 0.190. The highest BCUT2D eigenvalue weighted by atomic mass is 16.5. The summed E-state index contributed by atoms with van der Waals surface area (Å²) < 4.78 is 7.45. The first-order valence-corrected chi connectivity index (χ1v) is 7.17. The molecule has 0 bridgehead atoms. The van der Waals surface area contributed by atoms with Gasteiger partial charge in [0.15, 0.2) is 0 Å². The number of rotatable bonds is 7. The second-order valence-electron chi connectivity index (χ2n) is 5.36. The van der Waals surface area contributed by atoms with Gasteiger partial charge in [0.25, 0.3) is 0 Å². The third-order valence-electron chi connectivity index (χ3n) is 3.81. The number of nitrogens with zero attached hydrogens (tertiary/aromatic N) is 1. The maximum atomic E-state index is 5.12. The maximum Gasteiger partial charge on any atom is 0.0483 e. The minimum absolute atomic E-state index is 0.763. The van der Waals surface area contributed by atoms with E-state index in [1.165, 1.54) is 29.3 Å². The SMILES string of the molecule is COCCCn1ccc2c(CNC3CC3)cccc21. The average Bonchev–Trinajstić information content (AvgIpc) is 3.17. The van der Waals surface area contributed by atoms with Crippen LogP contribution < -0.4 is 5.32 Å². The summed E-state index contributed by atoms with van der Waals surface area (Å²) in [6.07, 6.45) is 5.94. The normalized spacial score (nSPS) is 15.2. The van der Waals surface area contributed by atoms with Crippen LogP contribution in [0.15, 0.2) is 30.5 Å². The monoisotopic (exact) mass is 258 g/mol. The lowest BCUT2D eigenvalue weighted by Gasteiger charge is -2.08. The summed E-state index contributed by atoms with van der Waals surface area (Å²) in [5, 5.41) is 4.98. The van der Waals surface area contributed by atoms with Gasteiger partial charge in [0.2, 0.25) is 0 Å². The van der Waals surface area contributed by atoms with E-state index < -0.39 is 0 Å². The molecule has 0 aliphatic heterocycles. The van der Waals surface area contributed by atoms with Gasteiger partial charge < -0.3 is 14.6 Å². The number of ether oxygens (including phenoxy) is 1. The first kappa shape index (κ1) is 12.7. The summed E-state index contributed by atoms with van der Waals surface area (Å²) in [5.74, 6) is 0. The number of fused-ring (bicyclic) bond motifs is 1. The number of methoxy groups -OCH3 is 1. The average molecular weight is 258 g/mol. The molecule has 1 fully saturated rings. The molecule has 1 aliphatic rings. The van der Waals surface area contributed by atoms with Crippen molar-refractivity contribution < 1.29 is 4.74 Å². The van der Waals surface area contributed by atoms with E-state index in [1.54, 1.807) is 7.11 Å². The Morgan fingerprint density at radius 1 is 1.32 bits per heavy atom. The van der Waals surface area contributed by atoms with E-state index in [0.29, 0.717) is 0 Å². The molecule has 1 aromatic heterocycles.